The average Bonchev–Trinajstić information content (AvgIpc) is 3.08. The van der Waals surface area contributed by atoms with Gasteiger partial charge in [-0.2, -0.15) is 0 Å². The lowest BCUT2D eigenvalue weighted by Gasteiger charge is -2.21. The topological polar surface area (TPSA) is 107 Å². The van der Waals surface area contributed by atoms with Gasteiger partial charge in [0.25, 0.3) is 0 Å². The molecule has 0 saturated carbocycles. The summed E-state index contributed by atoms with van der Waals surface area (Å²) in [5, 5.41) is -0.579. The number of fused-ring (bicyclic) bond motifs is 1. The highest BCUT2D eigenvalue weighted by Crippen LogP contribution is 2.34. The van der Waals surface area contributed by atoms with Gasteiger partial charge in [-0.15, -0.1) is 0 Å². The number of sulfone groups is 1. The van der Waals surface area contributed by atoms with E-state index < -0.39 is 29.9 Å². The summed E-state index contributed by atoms with van der Waals surface area (Å²) < 4.78 is 59.2. The van der Waals surface area contributed by atoms with Crippen LogP contribution in [0.2, 0.25) is 0 Å². The fraction of sp³-hybridized carbons (Fsp3) is 0.381. The highest BCUT2D eigenvalue weighted by molar-refractivity contribution is 7.93. The van der Waals surface area contributed by atoms with Crippen LogP contribution in [-0.4, -0.2) is 43.3 Å². The highest BCUT2D eigenvalue weighted by Gasteiger charge is 2.34. The van der Waals surface area contributed by atoms with E-state index in [0.717, 1.165) is 0 Å². The molecular weight excluding hydrogens is 438 g/mol. The molecule has 0 aliphatic carbocycles. The lowest BCUT2D eigenvalue weighted by Crippen LogP contribution is -2.28. The Morgan fingerprint density at radius 2 is 1.77 bits per heavy atom. The number of rotatable bonds is 6. The van der Waals surface area contributed by atoms with Crippen molar-refractivity contribution in [1.82, 2.24) is 9.38 Å². The molecule has 0 saturated heterocycles. The first-order valence-electron chi connectivity index (χ1n) is 9.70. The molecule has 0 radical (unpaired) electrons. The molecule has 0 bridgehead atoms. The van der Waals surface area contributed by atoms with E-state index in [2.05, 4.69) is 9.71 Å². The van der Waals surface area contributed by atoms with E-state index in [-0.39, 0.29) is 10.6 Å². The Kier molecular flexibility index (Phi) is 5.83. The number of nitrogens with zero attached hydrogens (tertiary/aromatic N) is 2. The zero-order chi connectivity index (χ0) is 23.2. The van der Waals surface area contributed by atoms with Crippen molar-refractivity contribution in [3.05, 3.63) is 42.7 Å². The number of methoxy groups -OCH3 is 1. The van der Waals surface area contributed by atoms with Crippen molar-refractivity contribution in [2.24, 2.45) is 0 Å². The van der Waals surface area contributed by atoms with E-state index in [4.69, 9.17) is 4.74 Å². The zero-order valence-electron chi connectivity index (χ0n) is 18.4. The van der Waals surface area contributed by atoms with Gasteiger partial charge in [0.1, 0.15) is 16.3 Å². The molecule has 3 rings (SSSR count). The number of hydrogen-bond acceptors (Lipinski definition) is 6. The molecule has 0 fully saturated rings. The minimum Gasteiger partial charge on any atom is -0.495 e. The van der Waals surface area contributed by atoms with Gasteiger partial charge in [0.15, 0.2) is 9.84 Å². The summed E-state index contributed by atoms with van der Waals surface area (Å²) in [5.41, 5.74) is 2.22. The normalized spacial score (nSPS) is 13.0. The van der Waals surface area contributed by atoms with Gasteiger partial charge in [-0.05, 0) is 46.8 Å². The molecule has 0 aliphatic heterocycles. The second-order valence-corrected chi connectivity index (χ2v) is 13.4. The molecular formula is C21H27N3O5S2. The van der Waals surface area contributed by atoms with Gasteiger partial charge in [0.2, 0.25) is 10.0 Å². The number of nitrogens with one attached hydrogen (secondary N) is 1. The molecule has 31 heavy (non-hydrogen) atoms. The Bertz CT molecular complexity index is 1340. The molecule has 0 unspecified atom stereocenters. The Balaban J connectivity index is 2.18. The van der Waals surface area contributed by atoms with Gasteiger partial charge >= 0.3 is 0 Å². The van der Waals surface area contributed by atoms with Crippen LogP contribution in [0.25, 0.3) is 16.9 Å². The Labute approximate surface area is 183 Å². The molecule has 1 N–H and O–H groups in total. The van der Waals surface area contributed by atoms with Crippen LogP contribution in [-0.2, 0) is 19.9 Å². The number of anilines is 1. The number of hydrogen-bond donors (Lipinski definition) is 1. The van der Waals surface area contributed by atoms with E-state index in [9.17, 15) is 16.8 Å². The number of pyridine rings is 1. The van der Waals surface area contributed by atoms with E-state index in [1.54, 1.807) is 75.5 Å². The molecule has 3 aromatic rings. The van der Waals surface area contributed by atoms with Crippen LogP contribution in [0.15, 0.2) is 47.6 Å². The molecule has 0 aliphatic rings. The monoisotopic (exact) mass is 465 g/mol. The minimum atomic E-state index is -3.69. The van der Waals surface area contributed by atoms with Crippen molar-refractivity contribution in [3.8, 4) is 17.0 Å². The van der Waals surface area contributed by atoms with Crippen molar-refractivity contribution >= 4 is 31.2 Å². The molecule has 0 atom stereocenters. The van der Waals surface area contributed by atoms with Crippen LogP contribution in [0, 0.1) is 0 Å². The Morgan fingerprint density at radius 3 is 2.35 bits per heavy atom. The quantitative estimate of drug-likeness (QED) is 0.594. The fourth-order valence-electron chi connectivity index (χ4n) is 2.92. The lowest BCUT2D eigenvalue weighted by molar-refractivity contribution is 0.401. The van der Waals surface area contributed by atoms with Gasteiger partial charge < -0.3 is 4.74 Å². The van der Waals surface area contributed by atoms with Crippen molar-refractivity contribution in [1.29, 1.82) is 0 Å². The molecule has 0 amide bonds. The standard InChI is InChI=1S/C21H27N3O5S2/c1-14(2)31(27,28)23-16-9-7-8-15(10-16)17-12-22-20-11-18(29-6)19(13-24(17)20)30(25,26)21(3,4)5/h7-14,23H,1-6H3. The Morgan fingerprint density at radius 1 is 1.10 bits per heavy atom. The average molecular weight is 466 g/mol. The summed E-state index contributed by atoms with van der Waals surface area (Å²) in [4.78, 5) is 4.43. The smallest absolute Gasteiger partial charge is 0.235 e. The van der Waals surface area contributed by atoms with E-state index in [0.29, 0.717) is 22.6 Å². The number of imidazole rings is 1. The van der Waals surface area contributed by atoms with Gasteiger partial charge in [-0.3, -0.25) is 9.12 Å². The highest BCUT2D eigenvalue weighted by atomic mass is 32.2. The fourth-order valence-corrected chi connectivity index (χ4v) is 4.92. The zero-order valence-corrected chi connectivity index (χ0v) is 20.0. The summed E-state index contributed by atoms with van der Waals surface area (Å²) in [6.45, 7) is 8.09. The summed E-state index contributed by atoms with van der Waals surface area (Å²) >= 11 is 0. The molecule has 2 aromatic heterocycles. The van der Waals surface area contributed by atoms with Gasteiger partial charge in [0, 0.05) is 23.5 Å². The maximum absolute atomic E-state index is 13.1. The number of benzene rings is 1. The van der Waals surface area contributed by atoms with Crippen LogP contribution >= 0.6 is 0 Å². The van der Waals surface area contributed by atoms with Crippen LogP contribution in [0.3, 0.4) is 0 Å². The summed E-state index contributed by atoms with van der Waals surface area (Å²) in [6, 6.07) is 8.45. The second-order valence-electron chi connectivity index (χ2n) is 8.47. The summed E-state index contributed by atoms with van der Waals surface area (Å²) in [5.74, 6) is 0.220. The number of aromatic nitrogens is 2. The predicted octanol–water partition coefficient (Wildman–Crippen LogP) is 3.73. The lowest BCUT2D eigenvalue weighted by atomic mass is 10.1. The Hall–Kier alpha value is -2.59. The van der Waals surface area contributed by atoms with Crippen LogP contribution in [0.5, 0.6) is 5.75 Å². The SMILES string of the molecule is COc1cc2ncc(-c3cccc(NS(=O)(=O)C(C)C)c3)n2cc1S(=O)(=O)C(C)(C)C. The van der Waals surface area contributed by atoms with Crippen LogP contribution in [0.1, 0.15) is 34.6 Å². The third kappa shape index (κ3) is 4.27. The molecule has 10 heteroatoms. The first kappa shape index (κ1) is 23.1. The first-order chi connectivity index (χ1) is 14.3. The van der Waals surface area contributed by atoms with Crippen molar-refractivity contribution in [2.45, 2.75) is 49.5 Å². The largest absolute Gasteiger partial charge is 0.495 e. The molecule has 168 valence electrons. The van der Waals surface area contributed by atoms with Crippen LogP contribution in [0.4, 0.5) is 5.69 Å². The number of sulfonamides is 1. The third-order valence-corrected chi connectivity index (χ3v) is 9.19. The predicted molar refractivity (Wildman–Crippen MR) is 122 cm³/mol. The van der Waals surface area contributed by atoms with Crippen molar-refractivity contribution in [3.63, 3.8) is 0 Å². The van der Waals surface area contributed by atoms with E-state index in [1.165, 1.54) is 13.3 Å². The van der Waals surface area contributed by atoms with E-state index in [1.807, 2.05) is 0 Å². The number of ether oxygens (including phenoxy) is 1. The summed E-state index contributed by atoms with van der Waals surface area (Å²) in [7, 11) is -5.78. The molecule has 8 nitrogen and oxygen atoms in total. The molecule has 2 heterocycles. The minimum absolute atomic E-state index is 0.0610. The van der Waals surface area contributed by atoms with Gasteiger partial charge in [-0.25, -0.2) is 21.8 Å². The van der Waals surface area contributed by atoms with Crippen molar-refractivity contribution in [2.75, 3.05) is 11.8 Å². The first-order valence-corrected chi connectivity index (χ1v) is 12.7. The van der Waals surface area contributed by atoms with E-state index >= 15 is 0 Å². The molecule has 0 spiro atoms. The third-order valence-electron chi connectivity index (χ3n) is 4.93. The van der Waals surface area contributed by atoms with Gasteiger partial charge in [-0.1, -0.05) is 12.1 Å². The van der Waals surface area contributed by atoms with Crippen LogP contribution < -0.4 is 9.46 Å². The van der Waals surface area contributed by atoms with Crippen molar-refractivity contribution < 1.29 is 21.6 Å². The molecule has 1 aromatic carbocycles. The maximum atomic E-state index is 13.1. The summed E-state index contributed by atoms with van der Waals surface area (Å²) in [6.07, 6.45) is 3.11. The second kappa shape index (κ2) is 7.83. The van der Waals surface area contributed by atoms with Gasteiger partial charge in [0.05, 0.1) is 29.0 Å². The maximum Gasteiger partial charge on any atom is 0.235 e.